The van der Waals surface area contributed by atoms with Crippen molar-refractivity contribution in [2.75, 3.05) is 11.9 Å². The number of hydrogen-bond donors (Lipinski definition) is 3. The zero-order valence-electron chi connectivity index (χ0n) is 20.2. The van der Waals surface area contributed by atoms with Crippen molar-refractivity contribution in [1.82, 2.24) is 4.98 Å². The van der Waals surface area contributed by atoms with Gasteiger partial charge in [-0.1, -0.05) is 38.3 Å². The maximum atomic E-state index is 12.3. The van der Waals surface area contributed by atoms with E-state index < -0.39 is 0 Å². The van der Waals surface area contributed by atoms with Gasteiger partial charge in [-0.2, -0.15) is 0 Å². The topological polar surface area (TPSA) is 91.7 Å². The summed E-state index contributed by atoms with van der Waals surface area (Å²) in [6.45, 7) is 2.13. The minimum atomic E-state index is -0.303. The molecule has 1 heterocycles. The van der Waals surface area contributed by atoms with Crippen molar-refractivity contribution in [3.05, 3.63) is 53.9 Å². The highest BCUT2D eigenvalue weighted by atomic mass is 16.5. The van der Waals surface area contributed by atoms with Gasteiger partial charge in [0, 0.05) is 18.1 Å². The number of pyridine rings is 1. The molecule has 1 fully saturated rings. The number of carbonyl (C=O) groups is 1. The number of aliphatic hydroxyl groups excluding tert-OH is 2. The third-order valence-electron chi connectivity index (χ3n) is 7.64. The van der Waals surface area contributed by atoms with E-state index in [0.29, 0.717) is 17.5 Å². The fourth-order valence-electron chi connectivity index (χ4n) is 5.87. The molecule has 0 radical (unpaired) electrons. The predicted molar refractivity (Wildman–Crippen MR) is 133 cm³/mol. The third-order valence-corrected chi connectivity index (χ3v) is 7.64. The molecule has 0 unspecified atom stereocenters. The molecule has 5 atom stereocenters. The Balaban J connectivity index is 1.34. The van der Waals surface area contributed by atoms with Crippen LogP contribution in [0.4, 0.5) is 5.69 Å². The van der Waals surface area contributed by atoms with Crippen LogP contribution < -0.4 is 10.1 Å². The first kappa shape index (κ1) is 24.7. The second-order valence-corrected chi connectivity index (χ2v) is 9.99. The molecule has 6 nitrogen and oxygen atoms in total. The van der Waals surface area contributed by atoms with Gasteiger partial charge in [0.05, 0.1) is 12.2 Å². The van der Waals surface area contributed by atoms with Crippen molar-refractivity contribution in [3.8, 4) is 5.75 Å². The average molecular weight is 467 g/mol. The van der Waals surface area contributed by atoms with Gasteiger partial charge in [0.15, 0.2) is 6.61 Å². The lowest BCUT2D eigenvalue weighted by atomic mass is 9.73. The van der Waals surface area contributed by atoms with Crippen LogP contribution in [0.1, 0.15) is 63.0 Å². The minimum Gasteiger partial charge on any atom is -0.483 e. The summed E-state index contributed by atoms with van der Waals surface area (Å²) < 4.78 is 5.94. The van der Waals surface area contributed by atoms with Crippen LogP contribution in [0.3, 0.4) is 0 Å². The quantitative estimate of drug-likeness (QED) is 0.423. The molecule has 34 heavy (non-hydrogen) atoms. The summed E-state index contributed by atoms with van der Waals surface area (Å²) in [7, 11) is 0. The van der Waals surface area contributed by atoms with Crippen molar-refractivity contribution < 1.29 is 19.7 Å². The van der Waals surface area contributed by atoms with E-state index >= 15 is 0 Å². The maximum absolute atomic E-state index is 12.3. The molecular formula is C28H38N2O4. The Hall–Kier alpha value is -2.44. The lowest BCUT2D eigenvalue weighted by Crippen LogP contribution is -2.28. The fraction of sp³-hybridized carbons (Fsp3) is 0.571. The van der Waals surface area contributed by atoms with Crippen molar-refractivity contribution >= 4 is 11.6 Å². The number of unbranched alkanes of at least 4 members (excludes halogenated alkanes) is 2. The predicted octanol–water partition coefficient (Wildman–Crippen LogP) is 4.53. The molecule has 6 heteroatoms. The van der Waals surface area contributed by atoms with Crippen molar-refractivity contribution in [2.45, 2.75) is 76.9 Å². The highest BCUT2D eigenvalue weighted by Gasteiger charge is 2.44. The van der Waals surface area contributed by atoms with Gasteiger partial charge in [-0.15, -0.1) is 0 Å². The van der Waals surface area contributed by atoms with Crippen LogP contribution in [0.5, 0.6) is 5.75 Å². The molecule has 2 aromatic rings. The van der Waals surface area contributed by atoms with Crippen molar-refractivity contribution in [1.29, 1.82) is 0 Å². The van der Waals surface area contributed by atoms with Crippen LogP contribution in [0, 0.1) is 17.8 Å². The summed E-state index contributed by atoms with van der Waals surface area (Å²) >= 11 is 0. The SMILES string of the molecule is CCCCC[C@H](O)CC[C@@H]1[C@H]2Cc3cccc(OCC(=O)Nc4ccncc4)c3C[C@H]2C[C@H]1O. The summed E-state index contributed by atoms with van der Waals surface area (Å²) in [5, 5.41) is 24.0. The third kappa shape index (κ3) is 6.16. The molecule has 3 N–H and O–H groups in total. The van der Waals surface area contributed by atoms with Gasteiger partial charge < -0.3 is 20.3 Å². The van der Waals surface area contributed by atoms with Gasteiger partial charge in [-0.3, -0.25) is 9.78 Å². The molecule has 2 aliphatic rings. The van der Waals surface area contributed by atoms with E-state index in [-0.39, 0.29) is 30.6 Å². The van der Waals surface area contributed by atoms with Gasteiger partial charge in [0.2, 0.25) is 0 Å². The second kappa shape index (κ2) is 11.8. The van der Waals surface area contributed by atoms with Crippen molar-refractivity contribution in [2.24, 2.45) is 17.8 Å². The first-order chi connectivity index (χ1) is 16.5. The number of ether oxygens (including phenoxy) is 1. The first-order valence-corrected chi connectivity index (χ1v) is 12.8. The molecule has 1 aromatic heterocycles. The van der Waals surface area contributed by atoms with Gasteiger partial charge in [0.25, 0.3) is 5.91 Å². The molecule has 0 bridgehead atoms. The van der Waals surface area contributed by atoms with Crippen LogP contribution in [0.15, 0.2) is 42.7 Å². The monoisotopic (exact) mass is 466 g/mol. The van der Waals surface area contributed by atoms with Gasteiger partial charge in [0.1, 0.15) is 5.75 Å². The molecule has 4 rings (SSSR count). The van der Waals surface area contributed by atoms with E-state index in [4.69, 9.17) is 4.74 Å². The molecule has 1 aromatic carbocycles. The number of nitrogens with zero attached hydrogens (tertiary/aromatic N) is 1. The number of amides is 1. The van der Waals surface area contributed by atoms with E-state index in [1.807, 2.05) is 12.1 Å². The van der Waals surface area contributed by atoms with E-state index in [1.165, 1.54) is 24.0 Å². The molecule has 0 spiro atoms. The number of rotatable bonds is 11. The number of nitrogens with one attached hydrogen (secondary N) is 1. The zero-order valence-corrected chi connectivity index (χ0v) is 20.2. The first-order valence-electron chi connectivity index (χ1n) is 12.8. The molecule has 184 valence electrons. The van der Waals surface area contributed by atoms with E-state index in [1.54, 1.807) is 24.5 Å². The van der Waals surface area contributed by atoms with E-state index in [0.717, 1.165) is 50.7 Å². The van der Waals surface area contributed by atoms with Gasteiger partial charge in [-0.25, -0.2) is 0 Å². The highest BCUT2D eigenvalue weighted by molar-refractivity contribution is 5.91. The number of carbonyl (C=O) groups excluding carboxylic acids is 1. The Morgan fingerprint density at radius 2 is 2.00 bits per heavy atom. The summed E-state index contributed by atoms with van der Waals surface area (Å²) in [5.41, 5.74) is 3.13. The Morgan fingerprint density at radius 1 is 1.18 bits per heavy atom. The van der Waals surface area contributed by atoms with Gasteiger partial charge >= 0.3 is 0 Å². The number of aromatic nitrogens is 1. The summed E-state index contributed by atoms with van der Waals surface area (Å²) in [4.78, 5) is 16.3. The Morgan fingerprint density at radius 3 is 2.79 bits per heavy atom. The Bertz CT molecular complexity index is 935. The number of hydrogen-bond acceptors (Lipinski definition) is 5. The number of benzene rings is 1. The molecule has 1 saturated carbocycles. The lowest BCUT2D eigenvalue weighted by molar-refractivity contribution is -0.118. The van der Waals surface area contributed by atoms with Gasteiger partial charge in [-0.05, 0) is 85.6 Å². The average Bonchev–Trinajstić information content (AvgIpc) is 3.14. The highest BCUT2D eigenvalue weighted by Crippen LogP contribution is 2.48. The van der Waals surface area contributed by atoms with E-state index in [2.05, 4.69) is 23.3 Å². The standard InChI is InChI=1S/C28H38N2O4/c1-2-3-4-7-22(31)9-10-23-24-15-19-6-5-8-27(25(19)16-20(24)17-26(23)32)34-18-28(33)30-21-11-13-29-14-12-21/h5-6,8,11-14,20,22-24,26,31-32H,2-4,7,9-10,15-18H2,1H3,(H,29,30,33)/t20-,22-,23+,24-,26+/m0/s1. The fourth-order valence-corrected chi connectivity index (χ4v) is 5.87. The number of fused-ring (bicyclic) bond motifs is 2. The summed E-state index contributed by atoms with van der Waals surface area (Å²) in [5.74, 6) is 1.67. The molecule has 0 saturated heterocycles. The van der Waals surface area contributed by atoms with Crippen LogP contribution in [0.2, 0.25) is 0 Å². The largest absolute Gasteiger partial charge is 0.483 e. The van der Waals surface area contributed by atoms with E-state index in [9.17, 15) is 15.0 Å². The number of anilines is 1. The lowest BCUT2D eigenvalue weighted by Gasteiger charge is -2.32. The zero-order chi connectivity index (χ0) is 23.9. The normalized spacial score (nSPS) is 24.2. The van der Waals surface area contributed by atoms with Crippen LogP contribution in [-0.2, 0) is 17.6 Å². The number of aliphatic hydroxyl groups is 2. The minimum absolute atomic E-state index is 0.0476. The molecular weight excluding hydrogens is 428 g/mol. The molecule has 0 aliphatic heterocycles. The maximum Gasteiger partial charge on any atom is 0.262 e. The van der Waals surface area contributed by atoms with Crippen molar-refractivity contribution in [3.63, 3.8) is 0 Å². The molecule has 2 aliphatic carbocycles. The second-order valence-electron chi connectivity index (χ2n) is 9.99. The summed E-state index contributed by atoms with van der Waals surface area (Å²) in [6, 6.07) is 9.57. The Kier molecular flexibility index (Phi) is 8.57. The Labute approximate surface area is 202 Å². The van der Waals surface area contributed by atoms with Crippen LogP contribution in [0.25, 0.3) is 0 Å². The molecule has 1 amide bonds. The summed E-state index contributed by atoms with van der Waals surface area (Å²) in [6.07, 6.45) is 11.2. The van der Waals surface area contributed by atoms with Crippen LogP contribution in [-0.4, -0.2) is 39.9 Å². The smallest absolute Gasteiger partial charge is 0.262 e. The van der Waals surface area contributed by atoms with Crippen LogP contribution >= 0.6 is 0 Å².